The second-order valence-corrected chi connectivity index (χ2v) is 24.7. The second kappa shape index (κ2) is 19.7. The van der Waals surface area contributed by atoms with E-state index in [9.17, 15) is 0 Å². The molecule has 0 aromatic heterocycles. The maximum atomic E-state index is 7.50. The quantitative estimate of drug-likeness (QED) is 0.148. The predicted octanol–water partition coefficient (Wildman–Crippen LogP) is 22.3. The van der Waals surface area contributed by atoms with Gasteiger partial charge >= 0.3 is 0 Å². The Bertz CT molecular complexity index is 5090. The number of hydrogen-bond donors (Lipinski definition) is 0. The molecule has 0 unspecified atom stereocenters. The molecule has 0 fully saturated rings. The summed E-state index contributed by atoms with van der Waals surface area (Å²) in [5, 5.41) is 4.54. The summed E-state index contributed by atoms with van der Waals surface area (Å²) in [6, 6.07) is 126. The lowest BCUT2D eigenvalue weighted by Gasteiger charge is -2.42. The summed E-state index contributed by atoms with van der Waals surface area (Å²) < 4.78 is 15.0. The van der Waals surface area contributed by atoms with E-state index in [2.05, 4.69) is 340 Å². The van der Waals surface area contributed by atoms with Crippen LogP contribution in [0.25, 0.3) is 77.2 Å². The molecule has 2 heterocycles. The van der Waals surface area contributed by atoms with Gasteiger partial charge in [0.2, 0.25) is 0 Å². The predicted molar refractivity (Wildman–Crippen MR) is 371 cm³/mol. The SMILES string of the molecule is c1ccc(C2(c3ccccc3)c3ccccc3Oc3c(-c4cccc5c(-c6cccc7c6C6(c8ccccc8-c8ccccc86)c6ccccc6-7)c6cccc(-c7cccc8c7Oc7ccccc7C8(c7ccccc7)c7ccccc7)c6cc45)cccc32)cc1. The zero-order chi connectivity index (χ0) is 59.8. The van der Waals surface area contributed by atoms with Gasteiger partial charge in [0.05, 0.1) is 16.2 Å². The minimum absolute atomic E-state index is 0.616. The van der Waals surface area contributed by atoms with Crippen LogP contribution in [0.4, 0.5) is 0 Å². The maximum Gasteiger partial charge on any atom is 0.140 e. The molecule has 91 heavy (non-hydrogen) atoms. The summed E-state index contributed by atoms with van der Waals surface area (Å²) >= 11 is 0. The zero-order valence-electron chi connectivity index (χ0n) is 49.6. The molecule has 0 radical (unpaired) electrons. The fourth-order valence-electron chi connectivity index (χ4n) is 17.2. The van der Waals surface area contributed by atoms with E-state index in [-0.39, 0.29) is 0 Å². The van der Waals surface area contributed by atoms with Crippen molar-refractivity contribution < 1.29 is 9.47 Å². The highest BCUT2D eigenvalue weighted by Gasteiger charge is 2.53. The molecule has 15 aromatic carbocycles. The summed E-state index contributed by atoms with van der Waals surface area (Å²) in [7, 11) is 0. The molecule has 2 heteroatoms. The van der Waals surface area contributed by atoms with Crippen LogP contribution in [0.15, 0.2) is 340 Å². The topological polar surface area (TPSA) is 18.5 Å². The van der Waals surface area contributed by atoms with Crippen LogP contribution in [0.2, 0.25) is 0 Å². The van der Waals surface area contributed by atoms with Crippen LogP contribution in [-0.2, 0) is 16.2 Å². The Morgan fingerprint density at radius 1 is 0.187 bits per heavy atom. The molecular weight excluding hydrogens is 1100 g/mol. The Morgan fingerprint density at radius 2 is 0.484 bits per heavy atom. The van der Waals surface area contributed by atoms with Gasteiger partial charge in [0.25, 0.3) is 0 Å². The molecule has 2 aliphatic carbocycles. The Labute approximate surface area is 529 Å². The molecule has 0 bridgehead atoms. The van der Waals surface area contributed by atoms with Gasteiger partial charge in [0.15, 0.2) is 0 Å². The molecule has 424 valence electrons. The molecule has 0 atom stereocenters. The fraction of sp³-hybridized carbons (Fsp3) is 0.0337. The molecule has 19 rings (SSSR count). The normalized spacial score (nSPS) is 14.4. The number of rotatable bonds is 7. The van der Waals surface area contributed by atoms with E-state index in [1.807, 2.05) is 0 Å². The molecule has 0 saturated heterocycles. The third-order valence-corrected chi connectivity index (χ3v) is 20.6. The van der Waals surface area contributed by atoms with Gasteiger partial charge in [0.1, 0.15) is 23.0 Å². The van der Waals surface area contributed by atoms with Gasteiger partial charge in [-0.3, -0.25) is 0 Å². The smallest absolute Gasteiger partial charge is 0.140 e. The molecule has 0 amide bonds. The Hall–Kier alpha value is -11.6. The van der Waals surface area contributed by atoms with Crippen molar-refractivity contribution in [2.75, 3.05) is 0 Å². The highest BCUT2D eigenvalue weighted by atomic mass is 16.5. The molecule has 2 nitrogen and oxygen atoms in total. The van der Waals surface area contributed by atoms with Crippen LogP contribution < -0.4 is 9.47 Å². The van der Waals surface area contributed by atoms with Crippen molar-refractivity contribution in [3.8, 4) is 78.6 Å². The minimum Gasteiger partial charge on any atom is -0.456 e. The minimum atomic E-state index is -0.708. The molecule has 15 aromatic rings. The highest BCUT2D eigenvalue weighted by molar-refractivity contribution is 6.21. The van der Waals surface area contributed by atoms with Gasteiger partial charge < -0.3 is 9.47 Å². The van der Waals surface area contributed by atoms with Crippen molar-refractivity contribution in [1.29, 1.82) is 0 Å². The van der Waals surface area contributed by atoms with E-state index in [4.69, 9.17) is 9.47 Å². The lowest BCUT2D eigenvalue weighted by molar-refractivity contribution is 0.436. The van der Waals surface area contributed by atoms with Crippen molar-refractivity contribution in [3.05, 3.63) is 406 Å². The summed E-state index contributed by atoms with van der Waals surface area (Å²) in [5.74, 6) is 3.35. The first-order valence-electron chi connectivity index (χ1n) is 31.6. The Kier molecular flexibility index (Phi) is 11.1. The third-order valence-electron chi connectivity index (χ3n) is 20.6. The van der Waals surface area contributed by atoms with Crippen molar-refractivity contribution in [3.63, 3.8) is 0 Å². The van der Waals surface area contributed by atoms with Gasteiger partial charge in [0, 0.05) is 33.4 Å². The number of hydrogen-bond acceptors (Lipinski definition) is 2. The highest BCUT2D eigenvalue weighted by Crippen LogP contribution is 2.66. The lowest BCUT2D eigenvalue weighted by atomic mass is 9.63. The number of fused-ring (bicyclic) bond motifs is 16. The summed E-state index contributed by atoms with van der Waals surface area (Å²) in [6.07, 6.45) is 0. The van der Waals surface area contributed by atoms with E-state index in [1.54, 1.807) is 0 Å². The number of benzene rings is 15. The van der Waals surface area contributed by atoms with Gasteiger partial charge in [-0.25, -0.2) is 0 Å². The third kappa shape index (κ3) is 6.91. The van der Waals surface area contributed by atoms with E-state index in [1.165, 1.54) is 77.9 Å². The van der Waals surface area contributed by atoms with Gasteiger partial charge in [-0.1, -0.05) is 322 Å². The Morgan fingerprint density at radius 3 is 0.912 bits per heavy atom. The van der Waals surface area contributed by atoms with Gasteiger partial charge in [-0.2, -0.15) is 0 Å². The van der Waals surface area contributed by atoms with E-state index < -0.39 is 16.2 Å². The van der Waals surface area contributed by atoms with Crippen molar-refractivity contribution in [2.24, 2.45) is 0 Å². The van der Waals surface area contributed by atoms with E-state index >= 15 is 0 Å². The fourth-order valence-corrected chi connectivity index (χ4v) is 17.2. The second-order valence-electron chi connectivity index (χ2n) is 24.7. The monoisotopic (exact) mass is 1160 g/mol. The van der Waals surface area contributed by atoms with Crippen molar-refractivity contribution in [2.45, 2.75) is 16.2 Å². The lowest BCUT2D eigenvalue weighted by Crippen LogP contribution is -2.34. The first-order valence-corrected chi connectivity index (χ1v) is 31.6. The zero-order valence-corrected chi connectivity index (χ0v) is 49.6. The summed E-state index contributed by atoms with van der Waals surface area (Å²) in [5.41, 5.74) is 23.9. The van der Waals surface area contributed by atoms with E-state index in [0.717, 1.165) is 89.1 Å². The van der Waals surface area contributed by atoms with Crippen molar-refractivity contribution >= 4 is 21.5 Å². The van der Waals surface area contributed by atoms with Gasteiger partial charge in [-0.05, 0) is 129 Å². The van der Waals surface area contributed by atoms with E-state index in [0.29, 0.717) is 0 Å². The standard InChI is InChI=1S/C89H56O2/c1-5-28-57(29-6-1)87(58-30-7-2-8-31-58)77-50-19-21-54-81(77)90-85-69(44-26-52-79(85)87)61-39-23-41-66-72(61)56-73-62(70-45-27-53-80-86(70)91-82-55-22-20-51-78(82)88(80,59-32-9-3-10-33-59)60-34-11-4-12-35-60)40-24-42-67(73)83(66)71-46-25-43-68-65-38-15-18-49-76(65)89(84(68)71)74-47-16-13-36-63(74)64-37-14-17-48-75(64)89/h1-56H. The molecule has 2 aliphatic heterocycles. The van der Waals surface area contributed by atoms with Gasteiger partial charge in [-0.15, -0.1) is 0 Å². The van der Waals surface area contributed by atoms with Crippen LogP contribution in [0.1, 0.15) is 66.8 Å². The van der Waals surface area contributed by atoms with Crippen LogP contribution in [-0.4, -0.2) is 0 Å². The molecule has 4 aliphatic rings. The number of para-hydroxylation sites is 4. The van der Waals surface area contributed by atoms with Crippen LogP contribution in [0.5, 0.6) is 23.0 Å². The maximum absolute atomic E-state index is 7.50. The Balaban J connectivity index is 0.947. The van der Waals surface area contributed by atoms with Crippen molar-refractivity contribution in [1.82, 2.24) is 0 Å². The molecule has 0 saturated carbocycles. The molecular formula is C89H56O2. The van der Waals surface area contributed by atoms with Crippen LogP contribution >= 0.6 is 0 Å². The average Bonchev–Trinajstić information content (AvgIpc) is 1.67. The molecule has 1 spiro atoms. The summed E-state index contributed by atoms with van der Waals surface area (Å²) in [4.78, 5) is 0. The first kappa shape index (κ1) is 51.5. The number of ether oxygens (including phenoxy) is 2. The summed E-state index contributed by atoms with van der Waals surface area (Å²) in [6.45, 7) is 0. The largest absolute Gasteiger partial charge is 0.456 e. The van der Waals surface area contributed by atoms with Crippen LogP contribution in [0.3, 0.4) is 0 Å². The average molecular weight is 1160 g/mol. The first-order chi connectivity index (χ1) is 45.2. The molecule has 0 N–H and O–H groups in total. The van der Waals surface area contributed by atoms with Crippen LogP contribution in [0, 0.1) is 0 Å².